The van der Waals surface area contributed by atoms with E-state index in [0.29, 0.717) is 11.4 Å². The lowest BCUT2D eigenvalue weighted by Gasteiger charge is -2.04. The molecule has 4 nitrogen and oxygen atoms in total. The van der Waals surface area contributed by atoms with Crippen molar-refractivity contribution in [2.24, 2.45) is 0 Å². The van der Waals surface area contributed by atoms with E-state index in [1.54, 1.807) is 11.3 Å². The molecular formula is C15H17NO3S2. The summed E-state index contributed by atoms with van der Waals surface area (Å²) in [7, 11) is 0. The van der Waals surface area contributed by atoms with E-state index in [9.17, 15) is 9.59 Å². The lowest BCUT2D eigenvalue weighted by atomic mass is 10.2. The number of carbonyl (C=O) groups is 2. The molecule has 2 rings (SSSR count). The second-order valence-electron chi connectivity index (χ2n) is 4.50. The summed E-state index contributed by atoms with van der Waals surface area (Å²) in [5.41, 5.74) is 1.09. The highest BCUT2D eigenvalue weighted by atomic mass is 32.1. The molecule has 2 aromatic heterocycles. The van der Waals surface area contributed by atoms with Gasteiger partial charge in [-0.3, -0.25) is 4.79 Å². The van der Waals surface area contributed by atoms with Crippen molar-refractivity contribution in [3.63, 3.8) is 0 Å². The van der Waals surface area contributed by atoms with Crippen LogP contribution in [0.2, 0.25) is 0 Å². The molecule has 0 aromatic carbocycles. The molecule has 1 amide bonds. The van der Waals surface area contributed by atoms with E-state index in [1.807, 2.05) is 37.4 Å². The molecule has 0 aliphatic carbocycles. The van der Waals surface area contributed by atoms with E-state index in [-0.39, 0.29) is 12.5 Å². The van der Waals surface area contributed by atoms with Crippen LogP contribution in [0.1, 0.15) is 31.9 Å². The maximum Gasteiger partial charge on any atom is 0.348 e. The summed E-state index contributed by atoms with van der Waals surface area (Å²) in [4.78, 5) is 26.3. The van der Waals surface area contributed by atoms with E-state index >= 15 is 0 Å². The number of aryl methyl sites for hydroxylation is 2. The van der Waals surface area contributed by atoms with Crippen LogP contribution in [-0.4, -0.2) is 18.5 Å². The third-order valence-corrected chi connectivity index (χ3v) is 5.15. The standard InChI is InChI=1S/C15H17NO3S2/c1-3-12-10(2)7-13(21-12)15(18)19-9-14(17)16-8-11-5-4-6-20-11/h4-7H,3,8-9H2,1-2H3,(H,16,17). The number of ether oxygens (including phenoxy) is 1. The van der Waals surface area contributed by atoms with Crippen molar-refractivity contribution in [3.8, 4) is 0 Å². The molecule has 2 aromatic rings. The van der Waals surface area contributed by atoms with Crippen LogP contribution in [0, 0.1) is 6.92 Å². The molecule has 0 saturated carbocycles. The number of carbonyl (C=O) groups excluding carboxylic acids is 2. The van der Waals surface area contributed by atoms with Gasteiger partial charge < -0.3 is 10.1 Å². The SMILES string of the molecule is CCc1sc(C(=O)OCC(=O)NCc2cccs2)cc1C. The predicted molar refractivity (Wildman–Crippen MR) is 84.9 cm³/mol. The Hall–Kier alpha value is -1.66. The lowest BCUT2D eigenvalue weighted by molar-refractivity contribution is -0.124. The Morgan fingerprint density at radius 1 is 1.38 bits per heavy atom. The monoisotopic (exact) mass is 323 g/mol. The highest BCUT2D eigenvalue weighted by Gasteiger charge is 2.14. The Morgan fingerprint density at radius 2 is 2.19 bits per heavy atom. The molecule has 0 bridgehead atoms. The molecule has 6 heteroatoms. The topological polar surface area (TPSA) is 55.4 Å². The molecule has 0 unspecified atom stereocenters. The van der Waals surface area contributed by atoms with Crippen molar-refractivity contribution in [2.45, 2.75) is 26.8 Å². The van der Waals surface area contributed by atoms with E-state index in [4.69, 9.17) is 4.74 Å². The maximum absolute atomic E-state index is 11.9. The van der Waals surface area contributed by atoms with Crippen LogP contribution >= 0.6 is 22.7 Å². The molecule has 0 atom stereocenters. The van der Waals surface area contributed by atoms with Crippen LogP contribution in [0.5, 0.6) is 0 Å². The Bertz CT molecular complexity index is 617. The zero-order valence-electron chi connectivity index (χ0n) is 12.0. The van der Waals surface area contributed by atoms with Gasteiger partial charge in [0.25, 0.3) is 5.91 Å². The third kappa shape index (κ3) is 4.41. The van der Waals surface area contributed by atoms with Crippen LogP contribution in [0.3, 0.4) is 0 Å². The number of esters is 1. The average molecular weight is 323 g/mol. The molecule has 21 heavy (non-hydrogen) atoms. The van der Waals surface area contributed by atoms with Gasteiger partial charge in [0.05, 0.1) is 6.54 Å². The van der Waals surface area contributed by atoms with E-state index in [2.05, 4.69) is 5.32 Å². The molecule has 2 heterocycles. The van der Waals surface area contributed by atoms with Crippen LogP contribution in [-0.2, 0) is 22.5 Å². The van der Waals surface area contributed by atoms with Crippen molar-refractivity contribution in [2.75, 3.05) is 6.61 Å². The zero-order valence-corrected chi connectivity index (χ0v) is 13.6. The molecule has 0 saturated heterocycles. The minimum atomic E-state index is -0.436. The molecule has 0 radical (unpaired) electrons. The lowest BCUT2D eigenvalue weighted by Crippen LogP contribution is -2.27. The number of hydrogen-bond acceptors (Lipinski definition) is 5. The second-order valence-corrected chi connectivity index (χ2v) is 6.67. The summed E-state index contributed by atoms with van der Waals surface area (Å²) in [6.07, 6.45) is 0.894. The van der Waals surface area contributed by atoms with Crippen molar-refractivity contribution >= 4 is 34.6 Å². The van der Waals surface area contributed by atoms with Crippen molar-refractivity contribution < 1.29 is 14.3 Å². The summed E-state index contributed by atoms with van der Waals surface area (Å²) in [5.74, 6) is -0.727. The van der Waals surface area contributed by atoms with Crippen molar-refractivity contribution in [3.05, 3.63) is 43.8 Å². The van der Waals surface area contributed by atoms with Gasteiger partial charge in [0.15, 0.2) is 6.61 Å². The number of amides is 1. The van der Waals surface area contributed by atoms with Gasteiger partial charge in [0.2, 0.25) is 0 Å². The summed E-state index contributed by atoms with van der Waals surface area (Å²) in [6, 6.07) is 5.68. The molecule has 0 aliphatic heterocycles. The average Bonchev–Trinajstić information content (AvgIpc) is 3.11. The minimum Gasteiger partial charge on any atom is -0.451 e. The van der Waals surface area contributed by atoms with Gasteiger partial charge in [-0.05, 0) is 36.4 Å². The van der Waals surface area contributed by atoms with E-state index < -0.39 is 5.97 Å². The smallest absolute Gasteiger partial charge is 0.348 e. The zero-order chi connectivity index (χ0) is 15.2. The molecular weight excluding hydrogens is 306 g/mol. The first-order valence-corrected chi connectivity index (χ1v) is 8.35. The van der Waals surface area contributed by atoms with Gasteiger partial charge in [-0.2, -0.15) is 0 Å². The van der Waals surface area contributed by atoms with Gasteiger partial charge in [-0.25, -0.2) is 4.79 Å². The van der Waals surface area contributed by atoms with Crippen LogP contribution < -0.4 is 5.32 Å². The number of nitrogens with one attached hydrogen (secondary N) is 1. The first-order valence-electron chi connectivity index (χ1n) is 6.65. The Labute approximate surface area is 131 Å². The summed E-state index contributed by atoms with van der Waals surface area (Å²) < 4.78 is 5.04. The molecule has 0 fully saturated rings. The van der Waals surface area contributed by atoms with E-state index in [0.717, 1.165) is 16.9 Å². The number of rotatable bonds is 6. The fraction of sp³-hybridized carbons (Fsp3) is 0.333. The highest BCUT2D eigenvalue weighted by molar-refractivity contribution is 7.14. The highest BCUT2D eigenvalue weighted by Crippen LogP contribution is 2.22. The van der Waals surface area contributed by atoms with Crippen LogP contribution in [0.15, 0.2) is 23.6 Å². The quantitative estimate of drug-likeness (QED) is 0.831. The van der Waals surface area contributed by atoms with Crippen molar-refractivity contribution in [1.29, 1.82) is 0 Å². The minimum absolute atomic E-state index is 0.247. The molecule has 1 N–H and O–H groups in total. The molecule has 112 valence electrons. The van der Waals surface area contributed by atoms with Crippen molar-refractivity contribution in [1.82, 2.24) is 5.32 Å². The molecule has 0 spiro atoms. The normalized spacial score (nSPS) is 10.4. The third-order valence-electron chi connectivity index (χ3n) is 2.92. The summed E-state index contributed by atoms with van der Waals surface area (Å²) >= 11 is 3.00. The molecule has 0 aliphatic rings. The van der Waals surface area contributed by atoms with Crippen LogP contribution in [0.25, 0.3) is 0 Å². The largest absolute Gasteiger partial charge is 0.451 e. The second kappa shape index (κ2) is 7.38. The fourth-order valence-electron chi connectivity index (χ4n) is 1.82. The maximum atomic E-state index is 11.9. The Balaban J connectivity index is 1.78. The number of hydrogen-bond donors (Lipinski definition) is 1. The van der Waals surface area contributed by atoms with Gasteiger partial charge in [-0.1, -0.05) is 13.0 Å². The van der Waals surface area contributed by atoms with Gasteiger partial charge in [0.1, 0.15) is 4.88 Å². The van der Waals surface area contributed by atoms with Gasteiger partial charge in [0, 0.05) is 9.75 Å². The van der Waals surface area contributed by atoms with Gasteiger partial charge >= 0.3 is 5.97 Å². The van der Waals surface area contributed by atoms with Crippen LogP contribution in [0.4, 0.5) is 0 Å². The predicted octanol–water partition coefficient (Wildman–Crippen LogP) is 3.15. The van der Waals surface area contributed by atoms with Gasteiger partial charge in [-0.15, -0.1) is 22.7 Å². The fourth-order valence-corrected chi connectivity index (χ4v) is 3.48. The van der Waals surface area contributed by atoms with E-state index in [1.165, 1.54) is 16.2 Å². The summed E-state index contributed by atoms with van der Waals surface area (Å²) in [5, 5.41) is 4.67. The first-order chi connectivity index (χ1) is 10.1. The summed E-state index contributed by atoms with van der Waals surface area (Å²) in [6.45, 7) is 4.24. The number of thiophene rings is 2. The Morgan fingerprint density at radius 3 is 2.81 bits per heavy atom. The Kier molecular flexibility index (Phi) is 5.52. The first kappa shape index (κ1) is 15.7.